The highest BCUT2D eigenvalue weighted by atomic mass is 35.6. The number of alkyl halides is 3. The van der Waals surface area contributed by atoms with Crippen LogP contribution in [-0.4, -0.2) is 25.1 Å². The van der Waals surface area contributed by atoms with Gasteiger partial charge in [0.05, 0.1) is 12.9 Å². The molecule has 0 unspecified atom stereocenters. The van der Waals surface area contributed by atoms with Gasteiger partial charge >= 0.3 is 0 Å². The SMILES string of the molecule is COS(=O)(=O)CCC(Cl)(Cl)Cl. The maximum Gasteiger partial charge on any atom is 0.267 e. The molecule has 0 saturated carbocycles. The molecule has 0 bridgehead atoms. The fraction of sp³-hybridized carbons (Fsp3) is 1.00. The van der Waals surface area contributed by atoms with Gasteiger partial charge in [0, 0.05) is 6.42 Å². The van der Waals surface area contributed by atoms with E-state index in [0.29, 0.717) is 0 Å². The third kappa shape index (κ3) is 7.15. The molecule has 0 amide bonds. The average molecular weight is 242 g/mol. The molecule has 0 aliphatic heterocycles. The molecule has 0 saturated heterocycles. The van der Waals surface area contributed by atoms with Gasteiger partial charge in [-0.1, -0.05) is 34.8 Å². The second-order valence-electron chi connectivity index (χ2n) is 1.79. The van der Waals surface area contributed by atoms with Gasteiger partial charge < -0.3 is 0 Å². The Hall–Kier alpha value is 0.780. The van der Waals surface area contributed by atoms with Crippen LogP contribution in [0.5, 0.6) is 0 Å². The van der Waals surface area contributed by atoms with Crippen molar-refractivity contribution in [1.82, 2.24) is 0 Å². The average Bonchev–Trinajstić information content (AvgIpc) is 1.83. The van der Waals surface area contributed by atoms with E-state index in [1.807, 2.05) is 0 Å². The van der Waals surface area contributed by atoms with Crippen LogP contribution in [0, 0.1) is 0 Å². The Morgan fingerprint density at radius 1 is 1.36 bits per heavy atom. The van der Waals surface area contributed by atoms with E-state index < -0.39 is 13.9 Å². The molecule has 11 heavy (non-hydrogen) atoms. The van der Waals surface area contributed by atoms with Crippen LogP contribution in [0.4, 0.5) is 0 Å². The molecule has 0 fully saturated rings. The van der Waals surface area contributed by atoms with Crippen LogP contribution in [0.25, 0.3) is 0 Å². The maximum absolute atomic E-state index is 10.6. The largest absolute Gasteiger partial charge is 0.273 e. The second-order valence-corrected chi connectivity index (χ2v) is 6.17. The van der Waals surface area contributed by atoms with Gasteiger partial charge in [-0.2, -0.15) is 8.42 Å². The lowest BCUT2D eigenvalue weighted by atomic mass is 10.6. The zero-order valence-electron chi connectivity index (χ0n) is 5.68. The van der Waals surface area contributed by atoms with E-state index in [-0.39, 0.29) is 12.2 Å². The maximum atomic E-state index is 10.6. The van der Waals surface area contributed by atoms with Gasteiger partial charge in [-0.15, -0.1) is 0 Å². The molecular weight excluding hydrogens is 234 g/mol. The lowest BCUT2D eigenvalue weighted by Gasteiger charge is -2.08. The zero-order chi connectivity index (χ0) is 9.12. The lowest BCUT2D eigenvalue weighted by Crippen LogP contribution is -2.14. The van der Waals surface area contributed by atoms with Crippen LogP contribution in [0.3, 0.4) is 0 Å². The molecule has 68 valence electrons. The first-order chi connectivity index (χ1) is 4.77. The summed E-state index contributed by atoms with van der Waals surface area (Å²) in [5.74, 6) is -0.292. The molecule has 0 atom stereocenters. The smallest absolute Gasteiger partial charge is 0.267 e. The van der Waals surface area contributed by atoms with E-state index in [9.17, 15) is 8.42 Å². The van der Waals surface area contributed by atoms with E-state index in [4.69, 9.17) is 34.8 Å². The highest BCUT2D eigenvalue weighted by Gasteiger charge is 2.23. The van der Waals surface area contributed by atoms with Crippen LogP contribution < -0.4 is 0 Å². The number of halogens is 3. The first-order valence-electron chi connectivity index (χ1n) is 2.62. The van der Waals surface area contributed by atoms with Crippen molar-refractivity contribution < 1.29 is 12.6 Å². The minimum atomic E-state index is -3.51. The topological polar surface area (TPSA) is 43.4 Å². The summed E-state index contributed by atoms with van der Waals surface area (Å²) in [6.45, 7) is 0. The molecular formula is C4H7Cl3O3S. The van der Waals surface area contributed by atoms with Crippen molar-refractivity contribution in [2.24, 2.45) is 0 Å². The monoisotopic (exact) mass is 240 g/mol. The van der Waals surface area contributed by atoms with Crippen molar-refractivity contribution in [3.8, 4) is 0 Å². The third-order valence-electron chi connectivity index (χ3n) is 0.889. The molecule has 3 nitrogen and oxygen atoms in total. The summed E-state index contributed by atoms with van der Waals surface area (Å²) >= 11 is 15.9. The van der Waals surface area contributed by atoms with Crippen LogP contribution in [0.2, 0.25) is 0 Å². The van der Waals surface area contributed by atoms with Gasteiger partial charge in [0.25, 0.3) is 10.1 Å². The zero-order valence-corrected chi connectivity index (χ0v) is 8.77. The van der Waals surface area contributed by atoms with Gasteiger partial charge in [0.1, 0.15) is 0 Å². The highest BCUT2D eigenvalue weighted by Crippen LogP contribution is 2.30. The summed E-state index contributed by atoms with van der Waals surface area (Å²) in [5, 5.41) is 0. The fourth-order valence-electron chi connectivity index (χ4n) is 0.324. The Bertz CT molecular complexity index is 205. The predicted octanol–water partition coefficient (Wildman–Crippen LogP) is 1.72. The molecule has 0 spiro atoms. The standard InChI is InChI=1S/C4H7Cl3O3S/c1-10-11(8,9)3-2-4(5,6)7/h2-3H2,1H3. The van der Waals surface area contributed by atoms with Crippen molar-refractivity contribution in [3.63, 3.8) is 0 Å². The van der Waals surface area contributed by atoms with E-state index in [0.717, 1.165) is 7.11 Å². The van der Waals surface area contributed by atoms with Crippen molar-refractivity contribution in [2.45, 2.75) is 10.2 Å². The number of hydrogen-bond acceptors (Lipinski definition) is 3. The molecule has 7 heteroatoms. The Balaban J connectivity index is 3.91. The predicted molar refractivity (Wildman–Crippen MR) is 45.7 cm³/mol. The van der Waals surface area contributed by atoms with Gasteiger partial charge in [0.15, 0.2) is 3.79 Å². The summed E-state index contributed by atoms with van der Waals surface area (Å²) in [6.07, 6.45) is -0.0756. The Kier molecular flexibility index (Phi) is 4.43. The molecule has 0 aliphatic carbocycles. The Morgan fingerprint density at radius 3 is 2.09 bits per heavy atom. The summed E-state index contributed by atoms with van der Waals surface area (Å²) < 4.78 is 23.9. The molecule has 0 aromatic heterocycles. The van der Waals surface area contributed by atoms with Crippen LogP contribution in [-0.2, 0) is 14.3 Å². The molecule has 0 radical (unpaired) electrons. The molecule has 0 aromatic carbocycles. The van der Waals surface area contributed by atoms with Crippen LogP contribution in [0.15, 0.2) is 0 Å². The van der Waals surface area contributed by atoms with Crippen LogP contribution >= 0.6 is 34.8 Å². The quantitative estimate of drug-likeness (QED) is 0.558. The van der Waals surface area contributed by atoms with E-state index in [1.165, 1.54) is 0 Å². The normalized spacial score (nSPS) is 13.5. The molecule has 0 heterocycles. The first kappa shape index (κ1) is 11.8. The highest BCUT2D eigenvalue weighted by molar-refractivity contribution is 7.86. The number of hydrogen-bond donors (Lipinski definition) is 0. The van der Waals surface area contributed by atoms with Crippen molar-refractivity contribution in [1.29, 1.82) is 0 Å². The number of rotatable bonds is 3. The molecule has 0 aliphatic rings. The van der Waals surface area contributed by atoms with Gasteiger partial charge in [-0.25, -0.2) is 0 Å². The summed E-state index contributed by atoms with van der Waals surface area (Å²) in [4.78, 5) is 0. The van der Waals surface area contributed by atoms with E-state index in [1.54, 1.807) is 0 Å². The molecule has 0 rings (SSSR count). The minimum Gasteiger partial charge on any atom is -0.273 e. The fourth-order valence-corrected chi connectivity index (χ4v) is 1.67. The summed E-state index contributed by atoms with van der Waals surface area (Å²) in [6, 6.07) is 0. The molecule has 0 aromatic rings. The Labute approximate surface area is 80.7 Å². The summed E-state index contributed by atoms with van der Waals surface area (Å²) in [7, 11) is -2.44. The second kappa shape index (κ2) is 4.14. The van der Waals surface area contributed by atoms with Crippen molar-refractivity contribution in [3.05, 3.63) is 0 Å². The third-order valence-corrected chi connectivity index (χ3v) is 2.67. The first-order valence-corrected chi connectivity index (χ1v) is 5.33. The van der Waals surface area contributed by atoms with Gasteiger partial charge in [0.2, 0.25) is 0 Å². The Morgan fingerprint density at radius 2 is 1.82 bits per heavy atom. The lowest BCUT2D eigenvalue weighted by molar-refractivity contribution is 0.397. The molecule has 0 N–H and O–H groups in total. The van der Waals surface area contributed by atoms with Crippen LogP contribution in [0.1, 0.15) is 6.42 Å². The van der Waals surface area contributed by atoms with Crippen molar-refractivity contribution >= 4 is 44.9 Å². The van der Waals surface area contributed by atoms with Gasteiger partial charge in [-0.05, 0) is 0 Å². The summed E-state index contributed by atoms with van der Waals surface area (Å²) in [5.41, 5.74) is 0. The van der Waals surface area contributed by atoms with E-state index in [2.05, 4.69) is 4.18 Å². The van der Waals surface area contributed by atoms with E-state index >= 15 is 0 Å². The van der Waals surface area contributed by atoms with Crippen molar-refractivity contribution in [2.75, 3.05) is 12.9 Å². The van der Waals surface area contributed by atoms with Gasteiger partial charge in [-0.3, -0.25) is 4.18 Å². The minimum absolute atomic E-state index is 0.0756.